The molecule has 8 nitrogen and oxygen atoms in total. The number of carbonyl (C=O) groups is 1. The molecule has 130 valence electrons. The van der Waals surface area contributed by atoms with Crippen molar-refractivity contribution in [2.24, 2.45) is 0 Å². The average Bonchev–Trinajstić information content (AvgIpc) is 3.29. The maximum Gasteiger partial charge on any atom is 0.238 e. The zero-order valence-electron chi connectivity index (χ0n) is 13.6. The first-order valence-corrected chi connectivity index (χ1v) is 8.24. The standard InChI is InChI=1S/C16H22N4O4/c21-14(17-6-2-7-20-8-11-22-12-9-20)4-5-15-18-16(19-24-15)13-3-1-10-23-13/h1,3,10H,2,4-9,11-12H2,(H,17,21). The third-order valence-corrected chi connectivity index (χ3v) is 3.85. The van der Waals surface area contributed by atoms with Gasteiger partial charge in [-0.3, -0.25) is 9.69 Å². The molecule has 1 aliphatic heterocycles. The van der Waals surface area contributed by atoms with Crippen LogP contribution in [0.2, 0.25) is 0 Å². The molecule has 8 heteroatoms. The van der Waals surface area contributed by atoms with Gasteiger partial charge in [0.15, 0.2) is 5.76 Å². The van der Waals surface area contributed by atoms with Gasteiger partial charge in [-0.1, -0.05) is 5.16 Å². The first-order chi connectivity index (χ1) is 11.8. The SMILES string of the molecule is O=C(CCc1nc(-c2ccco2)no1)NCCCN1CCOCC1. The summed E-state index contributed by atoms with van der Waals surface area (Å²) in [7, 11) is 0. The summed E-state index contributed by atoms with van der Waals surface area (Å²) in [6, 6.07) is 3.52. The van der Waals surface area contributed by atoms with Crippen LogP contribution < -0.4 is 5.32 Å². The van der Waals surface area contributed by atoms with E-state index < -0.39 is 0 Å². The lowest BCUT2D eigenvalue weighted by Gasteiger charge is -2.26. The van der Waals surface area contributed by atoms with Crippen LogP contribution in [-0.2, 0) is 16.0 Å². The van der Waals surface area contributed by atoms with Gasteiger partial charge in [0.2, 0.25) is 17.6 Å². The largest absolute Gasteiger partial charge is 0.461 e. The summed E-state index contributed by atoms with van der Waals surface area (Å²) in [4.78, 5) is 18.4. The van der Waals surface area contributed by atoms with Crippen molar-refractivity contribution in [2.45, 2.75) is 19.3 Å². The summed E-state index contributed by atoms with van der Waals surface area (Å²) in [6.07, 6.45) is 3.24. The molecular formula is C16H22N4O4. The molecule has 3 heterocycles. The third-order valence-electron chi connectivity index (χ3n) is 3.85. The van der Waals surface area contributed by atoms with Gasteiger partial charge in [0, 0.05) is 32.5 Å². The Morgan fingerprint density at radius 2 is 2.21 bits per heavy atom. The van der Waals surface area contributed by atoms with Crippen LogP contribution >= 0.6 is 0 Å². The molecule has 1 saturated heterocycles. The maximum absolute atomic E-state index is 11.8. The third kappa shape index (κ3) is 4.90. The summed E-state index contributed by atoms with van der Waals surface area (Å²) >= 11 is 0. The van der Waals surface area contributed by atoms with Crippen molar-refractivity contribution in [1.82, 2.24) is 20.4 Å². The van der Waals surface area contributed by atoms with Crippen molar-refractivity contribution in [2.75, 3.05) is 39.4 Å². The minimum Gasteiger partial charge on any atom is -0.461 e. The lowest BCUT2D eigenvalue weighted by atomic mass is 10.3. The molecule has 0 bridgehead atoms. The molecule has 3 rings (SSSR count). The van der Waals surface area contributed by atoms with Crippen molar-refractivity contribution in [3.05, 3.63) is 24.3 Å². The summed E-state index contributed by atoms with van der Waals surface area (Å²) in [5.41, 5.74) is 0. The predicted molar refractivity (Wildman–Crippen MR) is 85.2 cm³/mol. The van der Waals surface area contributed by atoms with E-state index in [0.29, 0.717) is 36.9 Å². The smallest absolute Gasteiger partial charge is 0.238 e. The van der Waals surface area contributed by atoms with Crippen molar-refractivity contribution in [1.29, 1.82) is 0 Å². The first kappa shape index (κ1) is 16.7. The van der Waals surface area contributed by atoms with Crippen molar-refractivity contribution in [3.8, 4) is 11.6 Å². The Balaban J connectivity index is 1.31. The minimum absolute atomic E-state index is 0.00488. The van der Waals surface area contributed by atoms with Crippen LogP contribution in [0.3, 0.4) is 0 Å². The van der Waals surface area contributed by atoms with Crippen LogP contribution in [0, 0.1) is 0 Å². The zero-order chi connectivity index (χ0) is 16.6. The van der Waals surface area contributed by atoms with Crippen molar-refractivity contribution in [3.63, 3.8) is 0 Å². The van der Waals surface area contributed by atoms with Crippen LogP contribution in [0.25, 0.3) is 11.6 Å². The summed E-state index contributed by atoms with van der Waals surface area (Å²) in [5.74, 6) is 1.39. The molecule has 0 aromatic carbocycles. The zero-order valence-corrected chi connectivity index (χ0v) is 13.6. The fourth-order valence-corrected chi connectivity index (χ4v) is 2.53. The highest BCUT2D eigenvalue weighted by Gasteiger charge is 2.13. The molecule has 0 unspecified atom stereocenters. The molecule has 1 N–H and O–H groups in total. The fraction of sp³-hybridized carbons (Fsp3) is 0.562. The molecule has 1 fully saturated rings. The van der Waals surface area contributed by atoms with E-state index >= 15 is 0 Å². The number of nitrogens with one attached hydrogen (secondary N) is 1. The van der Waals surface area contributed by atoms with Gasteiger partial charge in [0.25, 0.3) is 0 Å². The highest BCUT2D eigenvalue weighted by molar-refractivity contribution is 5.75. The number of morpholine rings is 1. The summed E-state index contributed by atoms with van der Waals surface area (Å²) in [6.45, 7) is 5.22. The van der Waals surface area contributed by atoms with Crippen LogP contribution in [0.1, 0.15) is 18.7 Å². The molecule has 1 amide bonds. The Bertz CT molecular complexity index is 620. The predicted octanol–water partition coefficient (Wildman–Crippen LogP) is 1.10. The van der Waals surface area contributed by atoms with E-state index in [2.05, 4.69) is 20.4 Å². The molecule has 2 aromatic rings. The average molecular weight is 334 g/mol. The van der Waals surface area contributed by atoms with Gasteiger partial charge in [0.1, 0.15) is 0 Å². The van der Waals surface area contributed by atoms with Gasteiger partial charge in [-0.2, -0.15) is 4.98 Å². The Kier molecular flexibility index (Phi) is 5.97. The van der Waals surface area contributed by atoms with Crippen molar-refractivity contribution < 1.29 is 18.5 Å². The van der Waals surface area contributed by atoms with Gasteiger partial charge in [0.05, 0.1) is 19.5 Å². The van der Waals surface area contributed by atoms with Crippen LogP contribution in [0.15, 0.2) is 27.3 Å². The van der Waals surface area contributed by atoms with E-state index in [1.165, 1.54) is 0 Å². The molecular weight excluding hydrogens is 312 g/mol. The number of furan rings is 1. The monoisotopic (exact) mass is 334 g/mol. The number of hydrogen-bond donors (Lipinski definition) is 1. The van der Waals surface area contributed by atoms with Crippen LogP contribution in [0.5, 0.6) is 0 Å². The number of aromatic nitrogens is 2. The number of carbonyl (C=O) groups excluding carboxylic acids is 1. The van der Waals surface area contributed by atoms with Gasteiger partial charge < -0.3 is 19.0 Å². The first-order valence-electron chi connectivity index (χ1n) is 8.24. The maximum atomic E-state index is 11.8. The molecule has 24 heavy (non-hydrogen) atoms. The molecule has 0 spiro atoms. The Labute approximate surface area is 140 Å². The highest BCUT2D eigenvalue weighted by Crippen LogP contribution is 2.16. The molecule has 0 radical (unpaired) electrons. The summed E-state index contributed by atoms with van der Waals surface area (Å²) < 4.78 is 15.6. The second-order valence-corrected chi connectivity index (χ2v) is 5.65. The second-order valence-electron chi connectivity index (χ2n) is 5.65. The number of ether oxygens (including phenoxy) is 1. The second kappa shape index (κ2) is 8.60. The topological polar surface area (TPSA) is 93.6 Å². The number of aryl methyl sites for hydroxylation is 1. The number of amides is 1. The van der Waals surface area contributed by atoms with Crippen molar-refractivity contribution >= 4 is 5.91 Å². The van der Waals surface area contributed by atoms with Crippen LogP contribution in [-0.4, -0.2) is 60.3 Å². The quantitative estimate of drug-likeness (QED) is 0.722. The van der Waals surface area contributed by atoms with Gasteiger partial charge >= 0.3 is 0 Å². The Hall–Kier alpha value is -2.19. The van der Waals surface area contributed by atoms with Gasteiger partial charge in [-0.15, -0.1) is 0 Å². The van der Waals surface area contributed by atoms with E-state index in [-0.39, 0.29) is 5.91 Å². The van der Waals surface area contributed by atoms with E-state index in [4.69, 9.17) is 13.7 Å². The van der Waals surface area contributed by atoms with Gasteiger partial charge in [-0.25, -0.2) is 0 Å². The number of hydrogen-bond acceptors (Lipinski definition) is 7. The Morgan fingerprint density at radius 1 is 1.33 bits per heavy atom. The molecule has 0 aliphatic carbocycles. The lowest BCUT2D eigenvalue weighted by molar-refractivity contribution is -0.121. The molecule has 2 aromatic heterocycles. The lowest BCUT2D eigenvalue weighted by Crippen LogP contribution is -2.38. The number of nitrogens with zero attached hydrogens (tertiary/aromatic N) is 3. The number of rotatable bonds is 8. The van der Waals surface area contributed by atoms with E-state index in [1.807, 2.05) is 0 Å². The molecule has 0 saturated carbocycles. The summed E-state index contributed by atoms with van der Waals surface area (Å²) in [5, 5.41) is 6.76. The molecule has 1 aliphatic rings. The van der Waals surface area contributed by atoms with E-state index in [1.54, 1.807) is 18.4 Å². The van der Waals surface area contributed by atoms with E-state index in [0.717, 1.165) is 39.3 Å². The fourth-order valence-electron chi connectivity index (χ4n) is 2.53. The van der Waals surface area contributed by atoms with Crippen LogP contribution in [0.4, 0.5) is 0 Å². The minimum atomic E-state index is -0.00488. The Morgan fingerprint density at radius 3 is 3.00 bits per heavy atom. The highest BCUT2D eigenvalue weighted by atomic mass is 16.5. The van der Waals surface area contributed by atoms with Gasteiger partial charge in [-0.05, 0) is 25.1 Å². The van der Waals surface area contributed by atoms with E-state index in [9.17, 15) is 4.79 Å². The molecule has 0 atom stereocenters. The normalized spacial score (nSPS) is 15.5.